The van der Waals surface area contributed by atoms with Crippen molar-refractivity contribution >= 4 is 5.91 Å². The summed E-state index contributed by atoms with van der Waals surface area (Å²) in [7, 11) is 0. The molecule has 1 amide bonds. The van der Waals surface area contributed by atoms with Crippen LogP contribution in [0.25, 0.3) is 0 Å². The number of hydrogen-bond acceptors (Lipinski definition) is 4. The highest BCUT2D eigenvalue weighted by molar-refractivity contribution is 5.75. The van der Waals surface area contributed by atoms with Gasteiger partial charge in [0.15, 0.2) is 0 Å². The van der Waals surface area contributed by atoms with Crippen LogP contribution in [0.4, 0.5) is 0 Å². The van der Waals surface area contributed by atoms with Crippen LogP contribution in [0.2, 0.25) is 0 Å². The average molecular weight is 343 g/mol. The van der Waals surface area contributed by atoms with Gasteiger partial charge in [0.05, 0.1) is 6.61 Å². The fraction of sp³-hybridized carbons (Fsp3) is 0.389. The number of amides is 1. The number of fused-ring (bicyclic) bond motifs is 1. The van der Waals surface area contributed by atoms with Gasteiger partial charge in [0, 0.05) is 18.3 Å². The van der Waals surface area contributed by atoms with Gasteiger partial charge in [0.2, 0.25) is 5.91 Å². The summed E-state index contributed by atoms with van der Waals surface area (Å²) < 4.78 is 6.94. The summed E-state index contributed by atoms with van der Waals surface area (Å²) >= 11 is 0. The molecule has 0 bridgehead atoms. The van der Waals surface area contributed by atoms with Gasteiger partial charge in [-0.3, -0.25) is 19.1 Å². The summed E-state index contributed by atoms with van der Waals surface area (Å²) in [6, 6.07) is 7.93. The van der Waals surface area contributed by atoms with Crippen LogP contribution >= 0.6 is 0 Å². The lowest BCUT2D eigenvalue weighted by molar-refractivity contribution is -0.121. The molecule has 2 aromatic rings. The van der Waals surface area contributed by atoms with Crippen molar-refractivity contribution in [2.75, 3.05) is 13.2 Å². The highest BCUT2D eigenvalue weighted by Crippen LogP contribution is 2.26. The van der Waals surface area contributed by atoms with E-state index in [1.54, 1.807) is 6.92 Å². The van der Waals surface area contributed by atoms with Crippen LogP contribution in [-0.4, -0.2) is 28.6 Å². The first-order valence-electron chi connectivity index (χ1n) is 8.30. The molecule has 1 aliphatic heterocycles. The smallest absolute Gasteiger partial charge is 0.328 e. The van der Waals surface area contributed by atoms with Crippen molar-refractivity contribution in [2.45, 2.75) is 26.3 Å². The zero-order valence-corrected chi connectivity index (χ0v) is 14.1. The van der Waals surface area contributed by atoms with E-state index in [1.165, 1.54) is 10.8 Å². The molecule has 132 valence electrons. The summed E-state index contributed by atoms with van der Waals surface area (Å²) in [5.74, 6) is 0.931. The van der Waals surface area contributed by atoms with Crippen LogP contribution in [0, 0.1) is 12.8 Å². The third-order valence-corrected chi connectivity index (χ3v) is 4.36. The van der Waals surface area contributed by atoms with Crippen LogP contribution < -0.4 is 21.3 Å². The fourth-order valence-corrected chi connectivity index (χ4v) is 2.94. The Morgan fingerprint density at radius 1 is 1.36 bits per heavy atom. The second-order valence-electron chi connectivity index (χ2n) is 6.32. The molecule has 1 aromatic carbocycles. The third-order valence-electron chi connectivity index (χ3n) is 4.36. The standard InChI is InChI=1S/C18H21N3O4/c1-12-10-21(18(24)20-17(12)23)11-16(22)19-9-13-6-7-25-15-5-3-2-4-14(15)8-13/h2-5,10,13H,6-9,11H2,1H3,(H,19,22)(H,20,23,24)/t13-/m1/s1. The molecule has 0 spiro atoms. The number of rotatable bonds is 4. The predicted octanol–water partition coefficient (Wildman–Crippen LogP) is 0.603. The zero-order chi connectivity index (χ0) is 17.8. The molecular weight excluding hydrogens is 322 g/mol. The monoisotopic (exact) mass is 343 g/mol. The van der Waals surface area contributed by atoms with Gasteiger partial charge in [-0.25, -0.2) is 4.79 Å². The summed E-state index contributed by atoms with van der Waals surface area (Å²) in [4.78, 5) is 37.4. The molecule has 1 aliphatic rings. The number of nitrogens with one attached hydrogen (secondary N) is 2. The lowest BCUT2D eigenvalue weighted by Gasteiger charge is -2.15. The van der Waals surface area contributed by atoms with Crippen molar-refractivity contribution in [3.63, 3.8) is 0 Å². The lowest BCUT2D eigenvalue weighted by atomic mass is 9.97. The Labute approximate surface area is 144 Å². The topological polar surface area (TPSA) is 93.2 Å². The number of carbonyl (C=O) groups is 1. The van der Waals surface area contributed by atoms with Gasteiger partial charge in [0.25, 0.3) is 5.56 Å². The van der Waals surface area contributed by atoms with Gasteiger partial charge in [-0.15, -0.1) is 0 Å². The molecule has 1 aromatic heterocycles. The molecule has 0 fully saturated rings. The Morgan fingerprint density at radius 3 is 3.00 bits per heavy atom. The zero-order valence-electron chi connectivity index (χ0n) is 14.1. The molecular formula is C18H21N3O4. The largest absolute Gasteiger partial charge is 0.493 e. The molecule has 3 rings (SSSR count). The molecule has 0 unspecified atom stereocenters. The highest BCUT2D eigenvalue weighted by Gasteiger charge is 2.18. The molecule has 2 N–H and O–H groups in total. The molecule has 0 radical (unpaired) electrons. The SMILES string of the molecule is Cc1cn(CC(=O)NC[C@@H]2CCOc3ccccc3C2)c(=O)[nH]c1=O. The summed E-state index contributed by atoms with van der Waals surface area (Å²) in [5, 5.41) is 2.87. The molecule has 0 saturated carbocycles. The number of carbonyl (C=O) groups excluding carboxylic acids is 1. The Bertz CT molecular complexity index is 884. The van der Waals surface area contributed by atoms with Crippen LogP contribution in [0.3, 0.4) is 0 Å². The minimum Gasteiger partial charge on any atom is -0.493 e. The second-order valence-corrected chi connectivity index (χ2v) is 6.32. The van der Waals surface area contributed by atoms with Gasteiger partial charge in [-0.1, -0.05) is 18.2 Å². The van der Waals surface area contributed by atoms with Crippen molar-refractivity contribution in [2.24, 2.45) is 5.92 Å². The predicted molar refractivity (Wildman–Crippen MR) is 92.8 cm³/mol. The molecule has 1 atom stereocenters. The Morgan fingerprint density at radius 2 is 2.16 bits per heavy atom. The highest BCUT2D eigenvalue weighted by atomic mass is 16.5. The van der Waals surface area contributed by atoms with E-state index in [-0.39, 0.29) is 18.4 Å². The van der Waals surface area contributed by atoms with E-state index in [2.05, 4.69) is 10.3 Å². The maximum atomic E-state index is 12.1. The van der Waals surface area contributed by atoms with Crippen LogP contribution in [-0.2, 0) is 17.8 Å². The molecule has 0 aliphatic carbocycles. The van der Waals surface area contributed by atoms with Crippen LogP contribution in [0.15, 0.2) is 40.1 Å². The van der Waals surface area contributed by atoms with Crippen molar-refractivity contribution < 1.29 is 9.53 Å². The Hall–Kier alpha value is -2.83. The van der Waals surface area contributed by atoms with Crippen molar-refractivity contribution in [1.82, 2.24) is 14.9 Å². The number of para-hydroxylation sites is 1. The van der Waals surface area contributed by atoms with E-state index in [0.29, 0.717) is 18.7 Å². The van der Waals surface area contributed by atoms with E-state index in [1.807, 2.05) is 24.3 Å². The number of aromatic nitrogens is 2. The molecule has 25 heavy (non-hydrogen) atoms. The summed E-state index contributed by atoms with van der Waals surface area (Å²) in [6.45, 7) is 2.62. The summed E-state index contributed by atoms with van der Waals surface area (Å²) in [5.41, 5.74) is 0.526. The maximum Gasteiger partial charge on any atom is 0.328 e. The number of aryl methyl sites for hydroxylation is 1. The summed E-state index contributed by atoms with van der Waals surface area (Å²) in [6.07, 6.45) is 3.09. The van der Waals surface area contributed by atoms with E-state index in [4.69, 9.17) is 4.74 Å². The third kappa shape index (κ3) is 4.17. The van der Waals surface area contributed by atoms with Gasteiger partial charge in [0.1, 0.15) is 12.3 Å². The number of nitrogens with zero attached hydrogens (tertiary/aromatic N) is 1. The average Bonchev–Trinajstić information content (AvgIpc) is 2.79. The number of benzene rings is 1. The van der Waals surface area contributed by atoms with E-state index < -0.39 is 11.2 Å². The number of aromatic amines is 1. The molecule has 7 nitrogen and oxygen atoms in total. The second kappa shape index (κ2) is 7.38. The first kappa shape index (κ1) is 17.0. The van der Waals surface area contributed by atoms with Gasteiger partial charge in [-0.2, -0.15) is 0 Å². The Kier molecular flexibility index (Phi) is 5.02. The van der Waals surface area contributed by atoms with E-state index in [9.17, 15) is 14.4 Å². The van der Waals surface area contributed by atoms with Gasteiger partial charge < -0.3 is 10.1 Å². The van der Waals surface area contributed by atoms with E-state index >= 15 is 0 Å². The normalized spacial score (nSPS) is 16.4. The van der Waals surface area contributed by atoms with Crippen molar-refractivity contribution in [3.05, 3.63) is 62.4 Å². The number of hydrogen-bond donors (Lipinski definition) is 2. The molecule has 0 saturated heterocycles. The lowest BCUT2D eigenvalue weighted by Crippen LogP contribution is -2.38. The van der Waals surface area contributed by atoms with Crippen molar-refractivity contribution in [3.8, 4) is 5.75 Å². The van der Waals surface area contributed by atoms with Gasteiger partial charge >= 0.3 is 5.69 Å². The first-order valence-corrected chi connectivity index (χ1v) is 8.30. The fourth-order valence-electron chi connectivity index (χ4n) is 2.94. The molecule has 7 heteroatoms. The van der Waals surface area contributed by atoms with Crippen LogP contribution in [0.1, 0.15) is 17.5 Å². The van der Waals surface area contributed by atoms with Gasteiger partial charge in [-0.05, 0) is 37.3 Å². The Balaban J connectivity index is 1.59. The molecule has 2 heterocycles. The van der Waals surface area contributed by atoms with E-state index in [0.717, 1.165) is 24.2 Å². The van der Waals surface area contributed by atoms with Crippen LogP contribution in [0.5, 0.6) is 5.75 Å². The number of ether oxygens (including phenoxy) is 1. The quantitative estimate of drug-likeness (QED) is 0.850. The minimum atomic E-state index is -0.581. The minimum absolute atomic E-state index is 0.115. The number of H-pyrrole nitrogens is 1. The maximum absolute atomic E-state index is 12.1. The first-order chi connectivity index (χ1) is 12.0. The van der Waals surface area contributed by atoms with Crippen molar-refractivity contribution in [1.29, 1.82) is 0 Å².